The first-order valence-corrected chi connectivity index (χ1v) is 8.03. The number of ether oxygens (including phenoxy) is 1. The third-order valence-corrected chi connectivity index (χ3v) is 4.04. The Morgan fingerprint density at radius 3 is 2.50 bits per heavy atom. The van der Waals surface area contributed by atoms with Gasteiger partial charge in [-0.25, -0.2) is 0 Å². The number of hydrogen-bond acceptors (Lipinski definition) is 4. The number of hydrogen-bond donors (Lipinski definition) is 0. The fourth-order valence-electron chi connectivity index (χ4n) is 0.726. The zero-order chi connectivity index (χ0) is 11.2. The lowest BCUT2D eigenvalue weighted by Crippen LogP contribution is -2.08. The third kappa shape index (κ3) is 8.67. The van der Waals surface area contributed by atoms with E-state index in [1.54, 1.807) is 0 Å². The molecule has 0 radical (unpaired) electrons. The molecule has 3 nitrogen and oxygen atoms in total. The van der Waals surface area contributed by atoms with Gasteiger partial charge in [0.15, 0.2) is 0 Å². The normalized spacial score (nSPS) is 15.2. The maximum Gasteiger partial charge on any atom is 0.302 e. The summed E-state index contributed by atoms with van der Waals surface area (Å²) in [6, 6.07) is 0. The van der Waals surface area contributed by atoms with E-state index in [1.165, 1.54) is 6.92 Å². The highest BCUT2D eigenvalue weighted by molar-refractivity contribution is 8.11. The van der Waals surface area contributed by atoms with Gasteiger partial charge >= 0.3 is 5.97 Å². The van der Waals surface area contributed by atoms with Gasteiger partial charge in [0.05, 0.1) is 19.5 Å². The molecule has 14 heavy (non-hydrogen) atoms. The van der Waals surface area contributed by atoms with Crippen LogP contribution >= 0.6 is 6.26 Å². The highest BCUT2D eigenvalue weighted by Gasteiger charge is 2.12. The summed E-state index contributed by atoms with van der Waals surface area (Å²) in [6.07, 6.45) is -1.09. The molecular weight excluding hydrogens is 219 g/mol. The van der Waals surface area contributed by atoms with Gasteiger partial charge in [0.25, 0.3) is 0 Å². The van der Waals surface area contributed by atoms with Crippen LogP contribution in [0, 0.1) is 5.92 Å². The summed E-state index contributed by atoms with van der Waals surface area (Å²) in [4.78, 5) is 10.5. The van der Waals surface area contributed by atoms with Gasteiger partial charge in [-0.2, -0.15) is 0 Å². The van der Waals surface area contributed by atoms with Crippen LogP contribution in [0.4, 0.5) is 0 Å². The molecule has 0 aromatic carbocycles. The van der Waals surface area contributed by atoms with Crippen molar-refractivity contribution in [3.63, 3.8) is 0 Å². The predicted molar refractivity (Wildman–Crippen MR) is 62.5 cm³/mol. The topological polar surface area (TPSA) is 35.5 Å². The molecule has 0 saturated heterocycles. The first-order chi connectivity index (χ1) is 6.33. The Bertz CT molecular complexity index is 228. The van der Waals surface area contributed by atoms with Crippen molar-refractivity contribution in [3.05, 3.63) is 0 Å². The molecule has 0 aliphatic rings. The molecule has 0 N–H and O–H groups in total. The van der Waals surface area contributed by atoms with Crippen LogP contribution in [0.15, 0.2) is 0 Å². The first kappa shape index (κ1) is 14.1. The fourth-order valence-corrected chi connectivity index (χ4v) is 2.30. The van der Waals surface area contributed by atoms with Crippen molar-refractivity contribution < 1.29 is 14.1 Å². The molecule has 0 aromatic rings. The predicted octanol–water partition coefficient (Wildman–Crippen LogP) is 2.25. The monoisotopic (exact) mass is 238 g/mol. The molecule has 0 aliphatic carbocycles. The average molecular weight is 238 g/mol. The smallest absolute Gasteiger partial charge is 0.302 e. The molecule has 0 fully saturated rings. The lowest BCUT2D eigenvalue weighted by molar-refractivity contribution is -0.140. The van der Waals surface area contributed by atoms with Gasteiger partial charge in [0, 0.05) is 13.1 Å². The molecular formula is C9H19O3PS. The zero-order valence-corrected chi connectivity index (χ0v) is 11.0. The standard InChI is InChI=1S/C9H19O3PS/c1-8(2)7-12-13(4,14)6-5-11-9(3)10/h8H,5-7H2,1-4H3. The molecule has 5 heteroatoms. The van der Waals surface area contributed by atoms with E-state index in [2.05, 4.69) is 13.8 Å². The maximum absolute atomic E-state index is 10.5. The van der Waals surface area contributed by atoms with Crippen LogP contribution in [-0.4, -0.2) is 32.0 Å². The molecule has 0 heterocycles. The van der Waals surface area contributed by atoms with E-state index in [9.17, 15) is 4.79 Å². The van der Waals surface area contributed by atoms with Crippen LogP contribution in [0.25, 0.3) is 0 Å². The van der Waals surface area contributed by atoms with Crippen molar-refractivity contribution in [1.29, 1.82) is 0 Å². The van der Waals surface area contributed by atoms with E-state index in [4.69, 9.17) is 21.1 Å². The quantitative estimate of drug-likeness (QED) is 0.525. The molecule has 0 spiro atoms. The third-order valence-electron chi connectivity index (χ3n) is 1.48. The van der Waals surface area contributed by atoms with Gasteiger partial charge in [-0.3, -0.25) is 4.79 Å². The Balaban J connectivity index is 3.72. The summed E-state index contributed by atoms with van der Waals surface area (Å²) in [5, 5.41) is 0. The lowest BCUT2D eigenvalue weighted by atomic mass is 10.2. The van der Waals surface area contributed by atoms with Crippen molar-refractivity contribution in [2.24, 2.45) is 5.92 Å². The van der Waals surface area contributed by atoms with E-state index >= 15 is 0 Å². The van der Waals surface area contributed by atoms with Crippen LogP contribution in [0.2, 0.25) is 0 Å². The molecule has 1 unspecified atom stereocenters. The van der Waals surface area contributed by atoms with Crippen LogP contribution in [-0.2, 0) is 25.9 Å². The van der Waals surface area contributed by atoms with Gasteiger partial charge in [0.2, 0.25) is 0 Å². The van der Waals surface area contributed by atoms with Crippen molar-refractivity contribution in [3.8, 4) is 0 Å². The lowest BCUT2D eigenvalue weighted by Gasteiger charge is -2.18. The van der Waals surface area contributed by atoms with E-state index < -0.39 is 6.26 Å². The highest BCUT2D eigenvalue weighted by atomic mass is 32.4. The van der Waals surface area contributed by atoms with Gasteiger partial charge in [-0.1, -0.05) is 25.7 Å². The van der Waals surface area contributed by atoms with Gasteiger partial charge in [-0.15, -0.1) is 0 Å². The number of rotatable bonds is 6. The average Bonchev–Trinajstić information content (AvgIpc) is 2.00. The Morgan fingerprint density at radius 1 is 1.50 bits per heavy atom. The van der Waals surface area contributed by atoms with Crippen LogP contribution < -0.4 is 0 Å². The molecule has 0 aliphatic heterocycles. The van der Waals surface area contributed by atoms with E-state index in [-0.39, 0.29) is 5.97 Å². The summed E-state index contributed by atoms with van der Waals surface area (Å²) in [6.45, 7) is 8.57. The van der Waals surface area contributed by atoms with Crippen molar-refractivity contribution in [2.45, 2.75) is 20.8 Å². The summed E-state index contributed by atoms with van der Waals surface area (Å²) >= 11 is 5.31. The Morgan fingerprint density at radius 2 is 2.07 bits per heavy atom. The summed E-state index contributed by atoms with van der Waals surface area (Å²) in [5.74, 6) is 0.231. The second-order valence-corrected chi connectivity index (χ2v) is 8.82. The summed E-state index contributed by atoms with van der Waals surface area (Å²) in [7, 11) is 0. The summed E-state index contributed by atoms with van der Waals surface area (Å²) in [5.41, 5.74) is 0. The van der Waals surface area contributed by atoms with Crippen molar-refractivity contribution in [2.75, 3.05) is 26.0 Å². The molecule has 1 atom stereocenters. The van der Waals surface area contributed by atoms with Crippen LogP contribution in [0.3, 0.4) is 0 Å². The number of carbonyl (C=O) groups excluding carboxylic acids is 1. The summed E-state index contributed by atoms with van der Waals surface area (Å²) < 4.78 is 10.4. The molecule has 84 valence electrons. The minimum absolute atomic E-state index is 0.260. The van der Waals surface area contributed by atoms with E-state index in [1.807, 2.05) is 6.66 Å². The van der Waals surface area contributed by atoms with Crippen LogP contribution in [0.1, 0.15) is 20.8 Å². The van der Waals surface area contributed by atoms with E-state index in [0.29, 0.717) is 25.3 Å². The molecule has 0 amide bonds. The second kappa shape index (κ2) is 6.54. The van der Waals surface area contributed by atoms with Crippen LogP contribution in [0.5, 0.6) is 0 Å². The Hall–Kier alpha value is 0.0800. The fraction of sp³-hybridized carbons (Fsp3) is 0.889. The molecule has 0 rings (SSSR count). The molecule has 0 bridgehead atoms. The zero-order valence-electron chi connectivity index (χ0n) is 9.28. The highest BCUT2D eigenvalue weighted by Crippen LogP contribution is 2.42. The van der Waals surface area contributed by atoms with Gasteiger partial charge in [0.1, 0.15) is 0 Å². The largest absolute Gasteiger partial charge is 0.465 e. The minimum Gasteiger partial charge on any atom is -0.465 e. The van der Waals surface area contributed by atoms with Crippen molar-refractivity contribution >= 4 is 24.0 Å². The van der Waals surface area contributed by atoms with Gasteiger partial charge in [-0.05, 0) is 12.6 Å². The molecule has 0 aromatic heterocycles. The molecule has 0 saturated carbocycles. The van der Waals surface area contributed by atoms with E-state index in [0.717, 1.165) is 0 Å². The number of esters is 1. The first-order valence-electron chi connectivity index (χ1n) is 4.68. The second-order valence-electron chi connectivity index (χ2n) is 3.77. The Kier molecular flexibility index (Phi) is 6.58. The maximum atomic E-state index is 10.5. The SMILES string of the molecule is CC(=O)OCCP(C)(=S)OCC(C)C. The van der Waals surface area contributed by atoms with Crippen molar-refractivity contribution in [1.82, 2.24) is 0 Å². The van der Waals surface area contributed by atoms with Gasteiger partial charge < -0.3 is 9.26 Å². The Labute approximate surface area is 91.3 Å². The number of carbonyl (C=O) groups is 1. The minimum atomic E-state index is -1.75.